The van der Waals surface area contributed by atoms with Crippen LogP contribution in [0.15, 0.2) is 17.6 Å². The number of aliphatic imine (C=N–C) groups is 1. The summed E-state index contributed by atoms with van der Waals surface area (Å²) >= 11 is 0. The van der Waals surface area contributed by atoms with Gasteiger partial charge < -0.3 is 9.47 Å². The number of ether oxygens (including phenoxy) is 2. The van der Waals surface area contributed by atoms with Crippen LogP contribution in [0.5, 0.6) is 0 Å². The van der Waals surface area contributed by atoms with Crippen LogP contribution in [0.1, 0.15) is 13.8 Å². The molecule has 13 heavy (non-hydrogen) atoms. The van der Waals surface area contributed by atoms with E-state index in [1.165, 1.54) is 19.9 Å². The largest absolute Gasteiger partial charge is 0.433 e. The number of rotatable bonds is 5. The van der Waals surface area contributed by atoms with E-state index in [1.54, 1.807) is 0 Å². The molecule has 5 nitrogen and oxygen atoms in total. The lowest BCUT2D eigenvalue weighted by Gasteiger charge is -2.14. The summed E-state index contributed by atoms with van der Waals surface area (Å²) in [7, 11) is 0. The molecule has 0 N–H and O–H groups in total. The van der Waals surface area contributed by atoms with Gasteiger partial charge in [-0.3, -0.25) is 0 Å². The number of carbonyl (C=O) groups is 1. The van der Waals surface area contributed by atoms with Crippen molar-refractivity contribution >= 4 is 12.0 Å². The maximum absolute atomic E-state index is 10.6. The highest BCUT2D eigenvalue weighted by Gasteiger charge is 2.09. The van der Waals surface area contributed by atoms with Crippen molar-refractivity contribution in [2.75, 3.05) is 0 Å². The first-order valence-corrected chi connectivity index (χ1v) is 3.65. The first kappa shape index (κ1) is 11.6. The third-order valence-electron chi connectivity index (χ3n) is 1.07. The molecule has 0 rings (SSSR count). The zero-order chi connectivity index (χ0) is 10.3. The molecule has 5 heteroatoms. The van der Waals surface area contributed by atoms with Crippen LogP contribution >= 0.6 is 0 Å². The van der Waals surface area contributed by atoms with Crippen LogP contribution in [-0.2, 0) is 19.1 Å². The molecule has 0 heterocycles. The fourth-order valence-corrected chi connectivity index (χ4v) is 0.621. The Morgan fingerprint density at radius 3 is 2.69 bits per heavy atom. The Balaban J connectivity index is 3.85. The minimum atomic E-state index is -0.766. The van der Waals surface area contributed by atoms with Gasteiger partial charge in [-0.2, -0.15) is 4.99 Å². The van der Waals surface area contributed by atoms with Crippen LogP contribution < -0.4 is 0 Å². The van der Waals surface area contributed by atoms with Gasteiger partial charge in [0.2, 0.25) is 12.4 Å². The highest BCUT2D eigenvalue weighted by Crippen LogP contribution is 2.00. The molecule has 0 radical (unpaired) electrons. The summed E-state index contributed by atoms with van der Waals surface area (Å²) in [5, 5.41) is 0. The van der Waals surface area contributed by atoms with Crippen molar-refractivity contribution in [3.63, 3.8) is 0 Å². The van der Waals surface area contributed by atoms with Gasteiger partial charge in [0.05, 0.1) is 0 Å². The second kappa shape index (κ2) is 6.11. The van der Waals surface area contributed by atoms with E-state index >= 15 is 0 Å². The molecule has 72 valence electrons. The van der Waals surface area contributed by atoms with Crippen molar-refractivity contribution in [1.29, 1.82) is 0 Å². The average molecular weight is 185 g/mol. The molecule has 0 aromatic heterocycles. The lowest BCUT2D eigenvalue weighted by Crippen LogP contribution is -2.20. The lowest BCUT2D eigenvalue weighted by atomic mass is 10.6. The highest BCUT2D eigenvalue weighted by molar-refractivity contribution is 5.81. The van der Waals surface area contributed by atoms with Crippen molar-refractivity contribution in [2.45, 2.75) is 26.4 Å². The van der Waals surface area contributed by atoms with Crippen molar-refractivity contribution < 1.29 is 19.1 Å². The molecule has 0 aliphatic rings. The van der Waals surface area contributed by atoms with Crippen LogP contribution in [-0.4, -0.2) is 24.6 Å². The smallest absolute Gasteiger partial charge is 0.332 e. The van der Waals surface area contributed by atoms with Gasteiger partial charge in [-0.15, -0.1) is 0 Å². The van der Waals surface area contributed by atoms with Crippen molar-refractivity contribution in [3.05, 3.63) is 12.7 Å². The Morgan fingerprint density at radius 2 is 2.23 bits per heavy atom. The van der Waals surface area contributed by atoms with E-state index in [2.05, 4.69) is 16.3 Å². The number of nitrogens with zero attached hydrogens (tertiary/aromatic N) is 1. The molecular weight excluding hydrogens is 174 g/mol. The molecule has 0 saturated heterocycles. The summed E-state index contributed by atoms with van der Waals surface area (Å²) < 4.78 is 9.59. The predicted molar refractivity (Wildman–Crippen MR) is 44.4 cm³/mol. The average Bonchev–Trinajstić information content (AvgIpc) is 2.04. The molecule has 2 unspecified atom stereocenters. The van der Waals surface area contributed by atoms with E-state index in [9.17, 15) is 9.59 Å². The van der Waals surface area contributed by atoms with Crippen molar-refractivity contribution in [2.24, 2.45) is 4.99 Å². The van der Waals surface area contributed by atoms with E-state index in [1.807, 2.05) is 0 Å². The first-order valence-electron chi connectivity index (χ1n) is 3.65. The van der Waals surface area contributed by atoms with Crippen molar-refractivity contribution in [3.8, 4) is 0 Å². The van der Waals surface area contributed by atoms with Gasteiger partial charge in [-0.25, -0.2) is 9.59 Å². The van der Waals surface area contributed by atoms with E-state index in [0.29, 0.717) is 0 Å². The van der Waals surface area contributed by atoms with Gasteiger partial charge in [-0.05, 0) is 13.8 Å². The summed E-state index contributed by atoms with van der Waals surface area (Å²) in [5.41, 5.74) is 0. The standard InChI is InChI=1S/C8H11NO4/c1-4-8(11)13-7(3)12-6(2)9-5-10/h4,6-7H,1H2,2-3H3. The zero-order valence-electron chi connectivity index (χ0n) is 7.52. The first-order chi connectivity index (χ1) is 6.10. The normalized spacial score (nSPS) is 13.7. The Morgan fingerprint density at radius 1 is 1.62 bits per heavy atom. The van der Waals surface area contributed by atoms with Gasteiger partial charge in [0, 0.05) is 6.08 Å². The molecule has 0 saturated carbocycles. The number of hydrogen-bond acceptors (Lipinski definition) is 5. The summed E-state index contributed by atoms with van der Waals surface area (Å²) in [6.07, 6.45) is 0.909. The molecule has 0 fully saturated rings. The number of hydrogen-bond donors (Lipinski definition) is 0. The summed E-state index contributed by atoms with van der Waals surface area (Å²) in [6.45, 7) is 6.26. The molecule has 0 aromatic rings. The second-order valence-corrected chi connectivity index (χ2v) is 2.16. The maximum Gasteiger partial charge on any atom is 0.332 e. The molecule has 0 aromatic carbocycles. The zero-order valence-corrected chi connectivity index (χ0v) is 7.52. The van der Waals surface area contributed by atoms with Gasteiger partial charge in [0.25, 0.3) is 0 Å². The van der Waals surface area contributed by atoms with Gasteiger partial charge in [0.1, 0.15) is 0 Å². The fraction of sp³-hybridized carbons (Fsp3) is 0.500. The van der Waals surface area contributed by atoms with Gasteiger partial charge in [-0.1, -0.05) is 6.58 Å². The van der Waals surface area contributed by atoms with E-state index < -0.39 is 18.5 Å². The van der Waals surface area contributed by atoms with Crippen LogP contribution in [0.2, 0.25) is 0 Å². The van der Waals surface area contributed by atoms with Crippen LogP contribution in [0.4, 0.5) is 0 Å². The molecular formula is C8H11NO4. The minimum absolute atomic E-state index is 0.588. The van der Waals surface area contributed by atoms with Crippen molar-refractivity contribution in [1.82, 2.24) is 0 Å². The molecule has 0 aliphatic carbocycles. The van der Waals surface area contributed by atoms with Crippen LogP contribution in [0.25, 0.3) is 0 Å². The molecule has 0 amide bonds. The third-order valence-corrected chi connectivity index (χ3v) is 1.07. The third kappa shape index (κ3) is 5.78. The molecule has 0 bridgehead atoms. The number of isocyanates is 1. The molecule has 2 atom stereocenters. The fourth-order valence-electron chi connectivity index (χ4n) is 0.621. The van der Waals surface area contributed by atoms with Crippen LogP contribution in [0.3, 0.4) is 0 Å². The Hall–Kier alpha value is -1.45. The quantitative estimate of drug-likeness (QED) is 0.208. The predicted octanol–water partition coefficient (Wildman–Crippen LogP) is 0.760. The van der Waals surface area contributed by atoms with Crippen LogP contribution in [0, 0.1) is 0 Å². The minimum Gasteiger partial charge on any atom is -0.433 e. The Labute approximate surface area is 76.0 Å². The summed E-state index contributed by atoms with van der Waals surface area (Å²) in [6, 6.07) is 0. The number of esters is 1. The van der Waals surface area contributed by atoms with E-state index in [-0.39, 0.29) is 0 Å². The highest BCUT2D eigenvalue weighted by atomic mass is 16.7. The second-order valence-electron chi connectivity index (χ2n) is 2.16. The summed E-state index contributed by atoms with van der Waals surface area (Å²) in [4.78, 5) is 23.7. The monoisotopic (exact) mass is 185 g/mol. The Kier molecular flexibility index (Phi) is 5.43. The lowest BCUT2D eigenvalue weighted by molar-refractivity contribution is -0.176. The Bertz CT molecular complexity index is 232. The topological polar surface area (TPSA) is 65.0 Å². The van der Waals surface area contributed by atoms with E-state index in [4.69, 9.17) is 4.74 Å². The summed E-state index contributed by atoms with van der Waals surface area (Å²) in [5.74, 6) is -0.588. The number of carbonyl (C=O) groups excluding carboxylic acids is 2. The SMILES string of the molecule is C=CC(=O)OC(C)OC(C)N=C=O. The molecule has 0 spiro atoms. The maximum atomic E-state index is 10.6. The van der Waals surface area contributed by atoms with Gasteiger partial charge in [0.15, 0.2) is 6.23 Å². The molecule has 0 aliphatic heterocycles. The van der Waals surface area contributed by atoms with E-state index in [0.717, 1.165) is 6.08 Å². The van der Waals surface area contributed by atoms with Gasteiger partial charge >= 0.3 is 5.97 Å².